The van der Waals surface area contributed by atoms with E-state index in [1.54, 1.807) is 24.3 Å². The summed E-state index contributed by atoms with van der Waals surface area (Å²) in [6, 6.07) is 8.90. The summed E-state index contributed by atoms with van der Waals surface area (Å²) >= 11 is 0. The standard InChI is InChI=1S/C7H6O2.CH5NO/c8-6-9-7-4-2-1-3-5-7;1-3-2/h1-6H;2H2,1H3. The Morgan fingerprint density at radius 1 is 1.33 bits per heavy atom. The molecule has 0 fully saturated rings. The first kappa shape index (κ1) is 10.6. The molecule has 0 unspecified atom stereocenters. The van der Waals surface area contributed by atoms with Crippen molar-refractivity contribution in [2.24, 2.45) is 5.90 Å². The van der Waals surface area contributed by atoms with E-state index in [9.17, 15) is 4.79 Å². The van der Waals surface area contributed by atoms with Gasteiger partial charge in [-0.1, -0.05) is 18.2 Å². The molecule has 0 spiro atoms. The SMILES string of the molecule is CON.O=COc1ccccc1. The van der Waals surface area contributed by atoms with E-state index in [4.69, 9.17) is 0 Å². The molecule has 0 aliphatic carbocycles. The second-order valence-electron chi connectivity index (χ2n) is 1.76. The third-order valence-corrected chi connectivity index (χ3v) is 0.927. The van der Waals surface area contributed by atoms with Crippen molar-refractivity contribution in [3.63, 3.8) is 0 Å². The van der Waals surface area contributed by atoms with Gasteiger partial charge in [-0.25, -0.2) is 5.90 Å². The van der Waals surface area contributed by atoms with E-state index >= 15 is 0 Å². The zero-order valence-corrected chi connectivity index (χ0v) is 6.77. The molecule has 0 bridgehead atoms. The maximum Gasteiger partial charge on any atom is 0.298 e. The van der Waals surface area contributed by atoms with Gasteiger partial charge in [0.1, 0.15) is 5.75 Å². The van der Waals surface area contributed by atoms with Crippen molar-refractivity contribution >= 4 is 6.47 Å². The molecule has 0 atom stereocenters. The van der Waals surface area contributed by atoms with Crippen LogP contribution in [0.3, 0.4) is 0 Å². The molecule has 0 radical (unpaired) electrons. The molecule has 66 valence electrons. The van der Waals surface area contributed by atoms with Crippen LogP contribution in [-0.2, 0) is 9.63 Å². The number of para-hydroxylation sites is 1. The minimum absolute atomic E-state index is 0.412. The number of ether oxygens (including phenoxy) is 1. The van der Waals surface area contributed by atoms with E-state index in [0.29, 0.717) is 12.2 Å². The maximum absolute atomic E-state index is 9.75. The Balaban J connectivity index is 0.000000354. The highest BCUT2D eigenvalue weighted by Gasteiger charge is 1.84. The summed E-state index contributed by atoms with van der Waals surface area (Å²) in [7, 11) is 1.40. The lowest BCUT2D eigenvalue weighted by Gasteiger charge is -1.92. The number of carbonyl (C=O) groups is 1. The molecule has 2 N–H and O–H groups in total. The number of hydrogen-bond acceptors (Lipinski definition) is 4. The number of rotatable bonds is 2. The summed E-state index contributed by atoms with van der Waals surface area (Å²) in [5, 5.41) is 0. The molecule has 12 heavy (non-hydrogen) atoms. The van der Waals surface area contributed by atoms with Crippen molar-refractivity contribution in [1.82, 2.24) is 0 Å². The Hall–Kier alpha value is -1.39. The molecule has 4 heteroatoms. The first-order valence-electron chi connectivity index (χ1n) is 3.23. The van der Waals surface area contributed by atoms with Gasteiger partial charge in [0.15, 0.2) is 0 Å². The highest BCUT2D eigenvalue weighted by Crippen LogP contribution is 2.05. The van der Waals surface area contributed by atoms with Crippen LogP contribution < -0.4 is 10.6 Å². The monoisotopic (exact) mass is 169 g/mol. The zero-order valence-electron chi connectivity index (χ0n) is 6.77. The molecule has 0 aromatic heterocycles. The summed E-state index contributed by atoms with van der Waals surface area (Å²) in [6.45, 7) is 0.412. The Bertz CT molecular complexity index is 201. The van der Waals surface area contributed by atoms with E-state index in [0.717, 1.165) is 0 Å². The molecule has 0 saturated carbocycles. The van der Waals surface area contributed by atoms with Crippen LogP contribution in [0.1, 0.15) is 0 Å². The molecular weight excluding hydrogens is 158 g/mol. The predicted molar refractivity (Wildman–Crippen MR) is 44.3 cm³/mol. The Labute approximate surface area is 70.8 Å². The summed E-state index contributed by atoms with van der Waals surface area (Å²) in [5.74, 6) is 4.92. The lowest BCUT2D eigenvalue weighted by Crippen LogP contribution is -1.86. The molecule has 1 rings (SSSR count). The Kier molecular flexibility index (Phi) is 6.82. The lowest BCUT2D eigenvalue weighted by atomic mass is 10.3. The number of hydrogen-bond donors (Lipinski definition) is 1. The third-order valence-electron chi connectivity index (χ3n) is 0.927. The summed E-state index contributed by atoms with van der Waals surface area (Å²) in [6.07, 6.45) is 0. The minimum atomic E-state index is 0.412. The van der Waals surface area contributed by atoms with Gasteiger partial charge in [0.05, 0.1) is 7.11 Å². The van der Waals surface area contributed by atoms with Crippen LogP contribution in [0.25, 0.3) is 0 Å². The summed E-state index contributed by atoms with van der Waals surface area (Å²) in [4.78, 5) is 13.5. The first-order chi connectivity index (χ1) is 5.85. The van der Waals surface area contributed by atoms with Gasteiger partial charge in [-0.3, -0.25) is 4.79 Å². The number of carbonyl (C=O) groups excluding carboxylic acids is 1. The van der Waals surface area contributed by atoms with Gasteiger partial charge in [0.25, 0.3) is 6.47 Å². The number of benzene rings is 1. The van der Waals surface area contributed by atoms with Gasteiger partial charge in [-0.15, -0.1) is 0 Å². The molecule has 0 amide bonds. The van der Waals surface area contributed by atoms with E-state index < -0.39 is 0 Å². The average molecular weight is 169 g/mol. The summed E-state index contributed by atoms with van der Waals surface area (Å²) < 4.78 is 4.53. The van der Waals surface area contributed by atoms with Crippen LogP contribution in [-0.4, -0.2) is 13.6 Å². The van der Waals surface area contributed by atoms with E-state index in [-0.39, 0.29) is 0 Å². The van der Waals surface area contributed by atoms with Crippen LogP contribution in [0.2, 0.25) is 0 Å². The predicted octanol–water partition coefficient (Wildman–Crippen LogP) is 0.728. The highest BCUT2D eigenvalue weighted by atomic mass is 16.6. The fourth-order valence-electron chi connectivity index (χ4n) is 0.555. The van der Waals surface area contributed by atoms with Gasteiger partial charge in [0, 0.05) is 0 Å². The highest BCUT2D eigenvalue weighted by molar-refractivity contribution is 5.44. The Morgan fingerprint density at radius 3 is 2.25 bits per heavy atom. The van der Waals surface area contributed by atoms with Crippen molar-refractivity contribution in [2.45, 2.75) is 0 Å². The van der Waals surface area contributed by atoms with Gasteiger partial charge in [-0.2, -0.15) is 0 Å². The van der Waals surface area contributed by atoms with E-state index in [1.807, 2.05) is 6.07 Å². The van der Waals surface area contributed by atoms with Crippen LogP contribution in [0.15, 0.2) is 30.3 Å². The molecular formula is C8H11NO3. The maximum atomic E-state index is 9.75. The molecule has 0 aliphatic heterocycles. The molecule has 0 saturated heterocycles. The smallest absolute Gasteiger partial charge is 0.298 e. The van der Waals surface area contributed by atoms with Crippen LogP contribution in [0.4, 0.5) is 0 Å². The normalized spacial score (nSPS) is 7.83. The molecule has 4 nitrogen and oxygen atoms in total. The molecule has 1 aromatic carbocycles. The fraction of sp³-hybridized carbons (Fsp3) is 0.125. The lowest BCUT2D eigenvalue weighted by molar-refractivity contribution is -0.120. The second kappa shape index (κ2) is 7.71. The van der Waals surface area contributed by atoms with Crippen LogP contribution >= 0.6 is 0 Å². The van der Waals surface area contributed by atoms with E-state index in [1.165, 1.54) is 7.11 Å². The molecule has 0 aliphatic rings. The van der Waals surface area contributed by atoms with Gasteiger partial charge >= 0.3 is 0 Å². The summed E-state index contributed by atoms with van der Waals surface area (Å²) in [5.41, 5.74) is 0. The van der Waals surface area contributed by atoms with Gasteiger partial charge < -0.3 is 9.57 Å². The Morgan fingerprint density at radius 2 is 1.83 bits per heavy atom. The first-order valence-corrected chi connectivity index (χ1v) is 3.23. The minimum Gasteiger partial charge on any atom is -0.429 e. The quantitative estimate of drug-likeness (QED) is 0.523. The van der Waals surface area contributed by atoms with Crippen molar-refractivity contribution in [1.29, 1.82) is 0 Å². The average Bonchev–Trinajstić information content (AvgIpc) is 2.08. The van der Waals surface area contributed by atoms with Crippen molar-refractivity contribution < 1.29 is 14.4 Å². The van der Waals surface area contributed by atoms with Crippen LogP contribution in [0, 0.1) is 0 Å². The zero-order chi connectivity index (χ0) is 9.23. The largest absolute Gasteiger partial charge is 0.429 e. The van der Waals surface area contributed by atoms with Crippen molar-refractivity contribution in [3.8, 4) is 5.75 Å². The number of nitrogens with two attached hydrogens (primary N) is 1. The van der Waals surface area contributed by atoms with E-state index in [2.05, 4.69) is 15.5 Å². The topological polar surface area (TPSA) is 61.5 Å². The molecule has 1 aromatic rings. The van der Waals surface area contributed by atoms with Crippen molar-refractivity contribution in [2.75, 3.05) is 7.11 Å². The van der Waals surface area contributed by atoms with Crippen molar-refractivity contribution in [3.05, 3.63) is 30.3 Å². The van der Waals surface area contributed by atoms with Gasteiger partial charge in [0.2, 0.25) is 0 Å². The van der Waals surface area contributed by atoms with Crippen LogP contribution in [0.5, 0.6) is 5.75 Å². The third kappa shape index (κ3) is 5.40. The van der Waals surface area contributed by atoms with Gasteiger partial charge in [-0.05, 0) is 12.1 Å². The fourth-order valence-corrected chi connectivity index (χ4v) is 0.555. The second-order valence-corrected chi connectivity index (χ2v) is 1.76. The molecule has 0 heterocycles.